The Morgan fingerprint density at radius 2 is 1.88 bits per heavy atom. The fraction of sp³-hybridized carbons (Fsp3) is 0.250. The Morgan fingerprint density at radius 3 is 2.50 bits per heavy atom. The van der Waals surface area contributed by atoms with Crippen molar-refractivity contribution in [3.63, 3.8) is 0 Å². The number of thioether (sulfide) groups is 1. The molecule has 3 rings (SSSR count). The zero-order chi connectivity index (χ0) is 24.8. The van der Waals surface area contributed by atoms with Crippen molar-refractivity contribution >= 4 is 46.5 Å². The summed E-state index contributed by atoms with van der Waals surface area (Å²) in [6.45, 7) is 3.46. The number of nitrogens with zero attached hydrogens (tertiary/aromatic N) is 2. The molecule has 178 valence electrons. The number of amidine groups is 1. The second-order valence-corrected chi connectivity index (χ2v) is 8.15. The van der Waals surface area contributed by atoms with E-state index in [4.69, 9.17) is 19.3 Å². The first-order valence-electron chi connectivity index (χ1n) is 10.3. The Balaban J connectivity index is 1.80. The molecule has 0 bridgehead atoms. The summed E-state index contributed by atoms with van der Waals surface area (Å²) in [6.07, 6.45) is 0.659. The third-order valence-electron chi connectivity index (χ3n) is 4.74. The molecule has 1 amide bonds. The van der Waals surface area contributed by atoms with Gasteiger partial charge in [0.05, 0.1) is 29.9 Å². The highest BCUT2D eigenvalue weighted by atomic mass is 32.2. The van der Waals surface area contributed by atoms with Crippen LogP contribution in [0.15, 0.2) is 52.4 Å². The predicted molar refractivity (Wildman–Crippen MR) is 129 cm³/mol. The van der Waals surface area contributed by atoms with Crippen molar-refractivity contribution < 1.29 is 33.7 Å². The first kappa shape index (κ1) is 24.8. The molecule has 10 heteroatoms. The Labute approximate surface area is 201 Å². The molecule has 34 heavy (non-hydrogen) atoms. The maximum absolute atomic E-state index is 12.7. The van der Waals surface area contributed by atoms with Crippen LogP contribution >= 0.6 is 11.8 Å². The molecule has 2 aromatic carbocycles. The van der Waals surface area contributed by atoms with E-state index in [2.05, 4.69) is 4.99 Å². The van der Waals surface area contributed by atoms with Crippen molar-refractivity contribution in [1.29, 1.82) is 0 Å². The van der Waals surface area contributed by atoms with Crippen LogP contribution in [0.5, 0.6) is 11.5 Å². The number of esters is 1. The van der Waals surface area contributed by atoms with Gasteiger partial charge in [0.25, 0.3) is 5.91 Å². The van der Waals surface area contributed by atoms with E-state index in [0.29, 0.717) is 39.2 Å². The monoisotopic (exact) mass is 484 g/mol. The minimum Gasteiger partial charge on any atom is -0.493 e. The Bertz CT molecular complexity index is 1160. The topological polar surface area (TPSA) is 115 Å². The predicted octanol–water partition coefficient (Wildman–Crippen LogP) is 3.96. The molecule has 0 saturated carbocycles. The molecule has 1 atom stereocenters. The number of aliphatic carboxylic acids is 1. The lowest BCUT2D eigenvalue weighted by molar-refractivity contribution is -0.144. The van der Waals surface area contributed by atoms with Crippen LogP contribution in [-0.2, 0) is 14.3 Å². The average Bonchev–Trinajstić information content (AvgIpc) is 3.08. The summed E-state index contributed by atoms with van der Waals surface area (Å²) in [5.41, 5.74) is 1.69. The fourth-order valence-corrected chi connectivity index (χ4v) is 3.90. The summed E-state index contributed by atoms with van der Waals surface area (Å²) in [6, 6.07) is 11.6. The molecule has 0 aromatic heterocycles. The van der Waals surface area contributed by atoms with Gasteiger partial charge in [0.2, 0.25) is 0 Å². The second kappa shape index (κ2) is 10.9. The van der Waals surface area contributed by atoms with Crippen molar-refractivity contribution in [3.8, 4) is 11.5 Å². The number of rotatable bonds is 8. The Morgan fingerprint density at radius 1 is 1.18 bits per heavy atom. The SMILES string of the molecule is CCOC(=O)c1ccc(N=C2S/C(=C\c3ccc(O[C@H](C)C(=O)O)c(OC)c3)C(=O)N2C)cc1. The van der Waals surface area contributed by atoms with E-state index in [1.165, 1.54) is 30.7 Å². The lowest BCUT2D eigenvalue weighted by Gasteiger charge is -2.14. The van der Waals surface area contributed by atoms with Gasteiger partial charge in [-0.15, -0.1) is 0 Å². The number of hydrogen-bond donors (Lipinski definition) is 1. The molecular weight excluding hydrogens is 460 g/mol. The number of hydrogen-bond acceptors (Lipinski definition) is 8. The van der Waals surface area contributed by atoms with E-state index < -0.39 is 18.0 Å². The van der Waals surface area contributed by atoms with Gasteiger partial charge in [0, 0.05) is 7.05 Å². The molecule has 1 heterocycles. The number of amides is 1. The maximum atomic E-state index is 12.7. The van der Waals surface area contributed by atoms with Gasteiger partial charge in [-0.1, -0.05) is 6.07 Å². The van der Waals surface area contributed by atoms with Gasteiger partial charge in [-0.05, 0) is 73.6 Å². The highest BCUT2D eigenvalue weighted by Crippen LogP contribution is 2.35. The van der Waals surface area contributed by atoms with Gasteiger partial charge >= 0.3 is 11.9 Å². The molecule has 9 nitrogen and oxygen atoms in total. The molecular formula is C24H24N2O7S. The van der Waals surface area contributed by atoms with E-state index in [-0.39, 0.29) is 11.7 Å². The summed E-state index contributed by atoms with van der Waals surface area (Å²) in [4.78, 5) is 42.0. The number of aliphatic imine (C=N–C) groups is 1. The first-order valence-corrected chi connectivity index (χ1v) is 11.2. The van der Waals surface area contributed by atoms with Gasteiger partial charge < -0.3 is 19.3 Å². The molecule has 2 aromatic rings. The van der Waals surface area contributed by atoms with Crippen molar-refractivity contribution in [2.24, 2.45) is 4.99 Å². The van der Waals surface area contributed by atoms with Crippen molar-refractivity contribution in [3.05, 3.63) is 58.5 Å². The second-order valence-electron chi connectivity index (χ2n) is 7.15. The summed E-state index contributed by atoms with van der Waals surface area (Å²) in [5, 5.41) is 9.53. The van der Waals surface area contributed by atoms with E-state index in [1.807, 2.05) is 0 Å². The molecule has 0 spiro atoms. The first-order chi connectivity index (χ1) is 16.2. The molecule has 1 fully saturated rings. The molecule has 0 unspecified atom stereocenters. The van der Waals surface area contributed by atoms with Gasteiger partial charge in [0.1, 0.15) is 0 Å². The number of ether oxygens (including phenoxy) is 3. The van der Waals surface area contributed by atoms with E-state index in [9.17, 15) is 14.4 Å². The van der Waals surface area contributed by atoms with Gasteiger partial charge in [-0.2, -0.15) is 0 Å². The lowest BCUT2D eigenvalue weighted by Crippen LogP contribution is -2.23. The minimum atomic E-state index is -1.09. The van der Waals surface area contributed by atoms with Crippen LogP contribution in [0.25, 0.3) is 6.08 Å². The Kier molecular flexibility index (Phi) is 7.95. The van der Waals surface area contributed by atoms with Gasteiger partial charge in [-0.25, -0.2) is 14.6 Å². The van der Waals surface area contributed by atoms with E-state index >= 15 is 0 Å². The number of carbonyl (C=O) groups excluding carboxylic acids is 2. The normalized spacial score (nSPS) is 16.6. The summed E-state index contributed by atoms with van der Waals surface area (Å²) in [5.74, 6) is -1.08. The summed E-state index contributed by atoms with van der Waals surface area (Å²) in [7, 11) is 3.08. The van der Waals surface area contributed by atoms with Gasteiger partial charge in [0.15, 0.2) is 22.8 Å². The molecule has 1 N–H and O–H groups in total. The molecule has 1 saturated heterocycles. The maximum Gasteiger partial charge on any atom is 0.344 e. The molecule has 0 aliphatic carbocycles. The van der Waals surface area contributed by atoms with Crippen molar-refractivity contribution in [2.45, 2.75) is 20.0 Å². The van der Waals surface area contributed by atoms with E-state index in [1.54, 1.807) is 62.5 Å². The number of methoxy groups -OCH3 is 1. The third kappa shape index (κ3) is 5.76. The van der Waals surface area contributed by atoms with Crippen LogP contribution in [0.4, 0.5) is 5.69 Å². The molecule has 1 aliphatic rings. The van der Waals surface area contributed by atoms with Crippen LogP contribution in [0.2, 0.25) is 0 Å². The fourth-order valence-electron chi connectivity index (χ4n) is 2.91. The highest BCUT2D eigenvalue weighted by molar-refractivity contribution is 8.18. The average molecular weight is 485 g/mol. The number of benzene rings is 2. The van der Waals surface area contributed by atoms with Crippen LogP contribution < -0.4 is 9.47 Å². The number of likely N-dealkylation sites (N-methyl/N-ethyl adjacent to an activating group) is 1. The minimum absolute atomic E-state index is 0.217. The largest absolute Gasteiger partial charge is 0.493 e. The van der Waals surface area contributed by atoms with Crippen molar-refractivity contribution in [1.82, 2.24) is 4.90 Å². The summed E-state index contributed by atoms with van der Waals surface area (Å²) < 4.78 is 15.7. The van der Waals surface area contributed by atoms with Crippen LogP contribution in [0.3, 0.4) is 0 Å². The number of carboxylic acid groups (broad SMARTS) is 1. The van der Waals surface area contributed by atoms with Crippen LogP contribution in [-0.4, -0.2) is 59.9 Å². The van der Waals surface area contributed by atoms with Crippen LogP contribution in [0, 0.1) is 0 Å². The number of carboxylic acids is 1. The standard InChI is InChI=1S/C24H24N2O7S/c1-5-32-23(30)16-7-9-17(10-8-16)25-24-26(3)21(27)20(34-24)13-15-6-11-18(19(12-15)31-4)33-14(2)22(28)29/h6-14H,5H2,1-4H3,(H,28,29)/b20-13-,25-24?/t14-/m1/s1. The summed E-state index contributed by atoms with van der Waals surface area (Å²) >= 11 is 1.21. The third-order valence-corrected chi connectivity index (χ3v) is 5.80. The van der Waals surface area contributed by atoms with E-state index in [0.717, 1.165) is 0 Å². The zero-order valence-corrected chi connectivity index (χ0v) is 19.9. The quantitative estimate of drug-likeness (QED) is 0.442. The highest BCUT2D eigenvalue weighted by Gasteiger charge is 2.30. The zero-order valence-electron chi connectivity index (χ0n) is 19.1. The number of carbonyl (C=O) groups is 3. The molecule has 0 radical (unpaired) electrons. The smallest absolute Gasteiger partial charge is 0.344 e. The molecule has 1 aliphatic heterocycles. The lowest BCUT2D eigenvalue weighted by atomic mass is 10.2. The van der Waals surface area contributed by atoms with Crippen LogP contribution in [0.1, 0.15) is 29.8 Å². The van der Waals surface area contributed by atoms with Crippen molar-refractivity contribution in [2.75, 3.05) is 20.8 Å². The van der Waals surface area contributed by atoms with Gasteiger partial charge in [-0.3, -0.25) is 9.69 Å². The Hall–Kier alpha value is -3.79.